The summed E-state index contributed by atoms with van der Waals surface area (Å²) in [4.78, 5) is 14.5. The highest BCUT2D eigenvalue weighted by Crippen LogP contribution is 2.25. The Labute approximate surface area is 152 Å². The Morgan fingerprint density at radius 3 is 2.20 bits per heavy atom. The number of rotatable bonds is 5. The zero-order valence-electron chi connectivity index (χ0n) is 16.6. The molecule has 0 aliphatic carbocycles. The van der Waals surface area contributed by atoms with Gasteiger partial charge in [0.05, 0.1) is 5.92 Å². The molecular formula is C21H33NO3. The zero-order valence-corrected chi connectivity index (χ0v) is 16.6. The average Bonchev–Trinajstić information content (AvgIpc) is 2.48. The monoisotopic (exact) mass is 347 g/mol. The standard InChI is InChI=1S/C21H33NO3/c1-15-13-16(2)19(17(3)14-15)24-12-11-22-9-7-18(8-10-22)20(23)25-21(4,5)6/h13-14,18H,7-12H2,1-6H3. The van der Waals surface area contributed by atoms with Gasteiger partial charge in [0.2, 0.25) is 0 Å². The van der Waals surface area contributed by atoms with Crippen molar-refractivity contribution in [1.29, 1.82) is 0 Å². The molecule has 0 amide bonds. The summed E-state index contributed by atoms with van der Waals surface area (Å²) in [5.41, 5.74) is 3.26. The second kappa shape index (κ2) is 8.22. The third-order valence-electron chi connectivity index (χ3n) is 4.59. The first-order valence-electron chi connectivity index (χ1n) is 9.31. The summed E-state index contributed by atoms with van der Waals surface area (Å²) in [5, 5.41) is 0. The lowest BCUT2D eigenvalue weighted by molar-refractivity contribution is -0.161. The average molecular weight is 347 g/mol. The second-order valence-corrected chi connectivity index (χ2v) is 8.23. The van der Waals surface area contributed by atoms with E-state index < -0.39 is 5.60 Å². The highest BCUT2D eigenvalue weighted by molar-refractivity contribution is 5.73. The molecule has 25 heavy (non-hydrogen) atoms. The Kier molecular flexibility index (Phi) is 6.50. The zero-order chi connectivity index (χ0) is 18.6. The molecule has 0 bridgehead atoms. The van der Waals surface area contributed by atoms with Crippen LogP contribution in [0.25, 0.3) is 0 Å². The summed E-state index contributed by atoms with van der Waals surface area (Å²) in [6.45, 7) is 15.5. The molecule has 1 aromatic carbocycles. The van der Waals surface area contributed by atoms with Gasteiger partial charge in [-0.1, -0.05) is 17.7 Å². The largest absolute Gasteiger partial charge is 0.492 e. The van der Waals surface area contributed by atoms with Gasteiger partial charge in [0.25, 0.3) is 0 Å². The number of esters is 1. The van der Waals surface area contributed by atoms with Crippen LogP contribution >= 0.6 is 0 Å². The summed E-state index contributed by atoms with van der Waals surface area (Å²) in [7, 11) is 0. The molecule has 2 rings (SSSR count). The SMILES string of the molecule is Cc1cc(C)c(OCCN2CCC(C(=O)OC(C)(C)C)CC2)c(C)c1. The van der Waals surface area contributed by atoms with Gasteiger partial charge in [0.15, 0.2) is 0 Å². The number of piperidine rings is 1. The van der Waals surface area contributed by atoms with Crippen LogP contribution in [0.2, 0.25) is 0 Å². The first-order chi connectivity index (χ1) is 11.7. The Bertz CT molecular complexity index is 573. The molecule has 0 atom stereocenters. The van der Waals surface area contributed by atoms with E-state index in [0.29, 0.717) is 6.61 Å². The Hall–Kier alpha value is -1.55. The molecule has 0 unspecified atom stereocenters. The van der Waals surface area contributed by atoms with Crippen molar-refractivity contribution in [2.24, 2.45) is 5.92 Å². The molecular weight excluding hydrogens is 314 g/mol. The van der Waals surface area contributed by atoms with E-state index in [4.69, 9.17) is 9.47 Å². The number of hydrogen-bond donors (Lipinski definition) is 0. The fourth-order valence-electron chi connectivity index (χ4n) is 3.45. The molecule has 0 aromatic heterocycles. The van der Waals surface area contributed by atoms with Gasteiger partial charge >= 0.3 is 5.97 Å². The number of ether oxygens (including phenoxy) is 2. The van der Waals surface area contributed by atoms with Crippen LogP contribution in [0, 0.1) is 26.7 Å². The molecule has 0 spiro atoms. The van der Waals surface area contributed by atoms with E-state index in [1.54, 1.807) is 0 Å². The fraction of sp³-hybridized carbons (Fsp3) is 0.667. The van der Waals surface area contributed by atoms with Crippen LogP contribution in [0.4, 0.5) is 0 Å². The van der Waals surface area contributed by atoms with Gasteiger partial charge in [-0.3, -0.25) is 9.69 Å². The summed E-state index contributed by atoms with van der Waals surface area (Å²) in [5.74, 6) is 1.00. The maximum Gasteiger partial charge on any atom is 0.309 e. The van der Waals surface area contributed by atoms with Crippen molar-refractivity contribution in [1.82, 2.24) is 4.90 Å². The molecule has 4 heteroatoms. The first kappa shape index (κ1) is 19.8. The predicted octanol–water partition coefficient (Wildman–Crippen LogP) is 4.04. The summed E-state index contributed by atoms with van der Waals surface area (Å²) < 4.78 is 11.5. The molecule has 0 saturated carbocycles. The van der Waals surface area contributed by atoms with Crippen LogP contribution in [0.5, 0.6) is 5.75 Å². The van der Waals surface area contributed by atoms with Crippen molar-refractivity contribution in [2.75, 3.05) is 26.2 Å². The van der Waals surface area contributed by atoms with Gasteiger partial charge in [0.1, 0.15) is 18.0 Å². The van der Waals surface area contributed by atoms with Crippen molar-refractivity contribution < 1.29 is 14.3 Å². The number of carbonyl (C=O) groups is 1. The van der Waals surface area contributed by atoms with Crippen LogP contribution < -0.4 is 4.74 Å². The van der Waals surface area contributed by atoms with Gasteiger partial charge < -0.3 is 9.47 Å². The molecule has 1 saturated heterocycles. The summed E-state index contributed by atoms with van der Waals surface area (Å²) in [6, 6.07) is 4.32. The van der Waals surface area contributed by atoms with E-state index in [9.17, 15) is 4.79 Å². The van der Waals surface area contributed by atoms with Crippen molar-refractivity contribution in [3.63, 3.8) is 0 Å². The molecule has 1 aliphatic rings. The van der Waals surface area contributed by atoms with E-state index in [-0.39, 0.29) is 11.9 Å². The molecule has 1 aliphatic heterocycles. The number of benzene rings is 1. The molecule has 0 N–H and O–H groups in total. The maximum absolute atomic E-state index is 12.2. The van der Waals surface area contributed by atoms with Gasteiger partial charge in [-0.25, -0.2) is 0 Å². The highest BCUT2D eigenvalue weighted by Gasteiger charge is 2.28. The number of aryl methyl sites for hydroxylation is 3. The lowest BCUT2D eigenvalue weighted by Crippen LogP contribution is -2.40. The smallest absolute Gasteiger partial charge is 0.309 e. The van der Waals surface area contributed by atoms with Crippen LogP contribution in [0.15, 0.2) is 12.1 Å². The minimum atomic E-state index is -0.397. The number of hydrogen-bond acceptors (Lipinski definition) is 4. The number of carbonyl (C=O) groups excluding carboxylic acids is 1. The van der Waals surface area contributed by atoms with Crippen molar-refractivity contribution >= 4 is 5.97 Å². The van der Waals surface area contributed by atoms with Gasteiger partial charge in [-0.05, 0) is 78.6 Å². The molecule has 1 fully saturated rings. The number of likely N-dealkylation sites (tertiary alicyclic amines) is 1. The Morgan fingerprint density at radius 1 is 1.12 bits per heavy atom. The second-order valence-electron chi connectivity index (χ2n) is 8.23. The van der Waals surface area contributed by atoms with Crippen LogP contribution in [0.3, 0.4) is 0 Å². The van der Waals surface area contributed by atoms with Crippen molar-refractivity contribution in [2.45, 2.75) is 60.0 Å². The van der Waals surface area contributed by atoms with Gasteiger partial charge in [-0.2, -0.15) is 0 Å². The fourth-order valence-corrected chi connectivity index (χ4v) is 3.45. The third-order valence-corrected chi connectivity index (χ3v) is 4.59. The third kappa shape index (κ3) is 6.03. The molecule has 4 nitrogen and oxygen atoms in total. The Morgan fingerprint density at radius 2 is 1.68 bits per heavy atom. The summed E-state index contributed by atoms with van der Waals surface area (Å²) >= 11 is 0. The van der Waals surface area contributed by atoms with E-state index in [1.807, 2.05) is 20.8 Å². The molecule has 140 valence electrons. The predicted molar refractivity (Wildman–Crippen MR) is 101 cm³/mol. The maximum atomic E-state index is 12.2. The lowest BCUT2D eigenvalue weighted by Gasteiger charge is -2.32. The topological polar surface area (TPSA) is 38.8 Å². The van der Waals surface area contributed by atoms with E-state index >= 15 is 0 Å². The van der Waals surface area contributed by atoms with Crippen LogP contribution in [-0.2, 0) is 9.53 Å². The quantitative estimate of drug-likeness (QED) is 0.754. The van der Waals surface area contributed by atoms with Crippen LogP contribution in [0.1, 0.15) is 50.3 Å². The van der Waals surface area contributed by atoms with Gasteiger partial charge in [-0.15, -0.1) is 0 Å². The van der Waals surface area contributed by atoms with E-state index in [2.05, 4.69) is 37.8 Å². The van der Waals surface area contributed by atoms with Crippen molar-refractivity contribution in [3.8, 4) is 5.75 Å². The van der Waals surface area contributed by atoms with E-state index in [1.165, 1.54) is 16.7 Å². The minimum absolute atomic E-state index is 0.0398. The van der Waals surface area contributed by atoms with Gasteiger partial charge in [0, 0.05) is 6.54 Å². The molecule has 0 radical (unpaired) electrons. The molecule has 1 aromatic rings. The van der Waals surface area contributed by atoms with E-state index in [0.717, 1.165) is 38.2 Å². The minimum Gasteiger partial charge on any atom is -0.492 e. The first-order valence-corrected chi connectivity index (χ1v) is 9.31. The van der Waals surface area contributed by atoms with Crippen molar-refractivity contribution in [3.05, 3.63) is 28.8 Å². The highest BCUT2D eigenvalue weighted by atomic mass is 16.6. The number of nitrogens with zero attached hydrogens (tertiary/aromatic N) is 1. The lowest BCUT2D eigenvalue weighted by atomic mass is 9.96. The normalized spacial score (nSPS) is 16.7. The Balaban J connectivity index is 1.75. The summed E-state index contributed by atoms with van der Waals surface area (Å²) in [6.07, 6.45) is 1.75. The van der Waals surface area contributed by atoms with Crippen LogP contribution in [-0.4, -0.2) is 42.7 Å². The molecule has 1 heterocycles.